The molecule has 0 rings (SSSR count). The van der Waals surface area contributed by atoms with E-state index in [4.69, 9.17) is 0 Å². The van der Waals surface area contributed by atoms with Crippen molar-refractivity contribution in [1.82, 2.24) is 5.32 Å². The zero-order chi connectivity index (χ0) is 8.91. The van der Waals surface area contributed by atoms with Gasteiger partial charge < -0.3 is 5.32 Å². The summed E-state index contributed by atoms with van der Waals surface area (Å²) in [5.41, 5.74) is 0.405. The largest absolute Gasteiger partial charge is 0.312 e. The molecule has 0 aliphatic carbocycles. The molecule has 0 amide bonds. The molecule has 0 bridgehead atoms. The van der Waals surface area contributed by atoms with Crippen LogP contribution in [0.4, 0.5) is 0 Å². The molecule has 1 nitrogen and oxygen atoms in total. The van der Waals surface area contributed by atoms with Crippen molar-refractivity contribution in [2.75, 3.05) is 13.1 Å². The Morgan fingerprint density at radius 2 is 2.09 bits per heavy atom. The molecule has 0 aromatic heterocycles. The van der Waals surface area contributed by atoms with Crippen LogP contribution < -0.4 is 5.32 Å². The fourth-order valence-corrected chi connectivity index (χ4v) is 0.860. The summed E-state index contributed by atoms with van der Waals surface area (Å²) in [5, 5.41) is 3.33. The monoisotopic (exact) mass is 219 g/mol. The molecular weight excluding hydrogens is 202 g/mol. The molecule has 66 valence electrons. The second-order valence-corrected chi connectivity index (χ2v) is 4.76. The molecule has 0 unspecified atom stereocenters. The molecule has 0 saturated heterocycles. The average Bonchev–Trinajstić information content (AvgIpc) is 1.87. The van der Waals surface area contributed by atoms with Crippen LogP contribution in [0.15, 0.2) is 11.1 Å². The van der Waals surface area contributed by atoms with Crippen LogP contribution in [0.5, 0.6) is 0 Å². The highest BCUT2D eigenvalue weighted by Crippen LogP contribution is 2.17. The first-order valence-electron chi connectivity index (χ1n) is 4.02. The van der Waals surface area contributed by atoms with Crippen molar-refractivity contribution in [3.05, 3.63) is 11.1 Å². The van der Waals surface area contributed by atoms with Crippen LogP contribution in [0, 0.1) is 5.41 Å². The predicted molar refractivity (Wildman–Crippen MR) is 55.0 cm³/mol. The summed E-state index contributed by atoms with van der Waals surface area (Å²) in [7, 11) is 0. The second-order valence-electron chi connectivity index (χ2n) is 3.64. The van der Waals surface area contributed by atoms with Crippen LogP contribution >= 0.6 is 15.9 Å². The highest BCUT2D eigenvalue weighted by molar-refractivity contribution is 9.11. The Bertz CT molecular complexity index is 130. The summed E-state index contributed by atoms with van der Waals surface area (Å²) in [6.45, 7) is 12.4. The first-order valence-corrected chi connectivity index (χ1v) is 4.81. The van der Waals surface area contributed by atoms with Gasteiger partial charge in [-0.15, -0.1) is 0 Å². The van der Waals surface area contributed by atoms with E-state index in [2.05, 4.69) is 48.6 Å². The predicted octanol–water partition coefficient (Wildman–Crippen LogP) is 2.92. The number of hydrogen-bond acceptors (Lipinski definition) is 1. The Hall–Kier alpha value is 0.180. The highest BCUT2D eigenvalue weighted by Gasteiger charge is 2.13. The first-order chi connectivity index (χ1) is 4.98. The lowest BCUT2D eigenvalue weighted by Gasteiger charge is -2.22. The van der Waals surface area contributed by atoms with Crippen LogP contribution in [-0.2, 0) is 0 Å². The Morgan fingerprint density at radius 1 is 1.55 bits per heavy atom. The van der Waals surface area contributed by atoms with Gasteiger partial charge >= 0.3 is 0 Å². The van der Waals surface area contributed by atoms with Crippen molar-refractivity contribution in [2.45, 2.75) is 27.2 Å². The zero-order valence-corrected chi connectivity index (χ0v) is 9.29. The Balaban J connectivity index is 3.45. The maximum absolute atomic E-state index is 3.75. The Kier molecular flexibility index (Phi) is 5.02. The minimum Gasteiger partial charge on any atom is -0.312 e. The van der Waals surface area contributed by atoms with Gasteiger partial charge in [0.15, 0.2) is 0 Å². The highest BCUT2D eigenvalue weighted by atomic mass is 79.9. The molecule has 0 aromatic carbocycles. The first kappa shape index (κ1) is 11.2. The quantitative estimate of drug-likeness (QED) is 0.751. The smallest absolute Gasteiger partial charge is 0.0265 e. The topological polar surface area (TPSA) is 12.0 Å². The van der Waals surface area contributed by atoms with E-state index >= 15 is 0 Å². The third-order valence-corrected chi connectivity index (χ3v) is 2.16. The summed E-state index contributed by atoms with van der Waals surface area (Å²) in [6.07, 6.45) is 1.20. The summed E-state index contributed by atoms with van der Waals surface area (Å²) >= 11 is 3.31. The second kappa shape index (κ2) is 4.94. The lowest BCUT2D eigenvalue weighted by molar-refractivity contribution is 0.334. The van der Waals surface area contributed by atoms with E-state index in [-0.39, 0.29) is 0 Å². The molecule has 11 heavy (non-hydrogen) atoms. The third-order valence-electron chi connectivity index (χ3n) is 1.88. The summed E-state index contributed by atoms with van der Waals surface area (Å²) in [5.74, 6) is 0. The minimum absolute atomic E-state index is 0.405. The molecule has 1 N–H and O–H groups in total. The molecular formula is C9H18BrN. The number of hydrogen-bond donors (Lipinski definition) is 1. The maximum atomic E-state index is 3.75. The van der Waals surface area contributed by atoms with Crippen LogP contribution in [0.25, 0.3) is 0 Å². The van der Waals surface area contributed by atoms with Gasteiger partial charge in [0.05, 0.1) is 0 Å². The molecule has 2 heteroatoms. The van der Waals surface area contributed by atoms with Crippen molar-refractivity contribution < 1.29 is 0 Å². The normalized spacial score (nSPS) is 11.6. The van der Waals surface area contributed by atoms with Crippen molar-refractivity contribution in [3.8, 4) is 0 Å². The van der Waals surface area contributed by atoms with E-state index in [0.29, 0.717) is 5.41 Å². The Labute approximate surface area is 78.4 Å². The van der Waals surface area contributed by atoms with Crippen LogP contribution in [0.2, 0.25) is 0 Å². The zero-order valence-electron chi connectivity index (χ0n) is 7.71. The van der Waals surface area contributed by atoms with Gasteiger partial charge in [-0.25, -0.2) is 0 Å². The van der Waals surface area contributed by atoms with E-state index in [9.17, 15) is 0 Å². The van der Waals surface area contributed by atoms with Crippen LogP contribution in [0.3, 0.4) is 0 Å². The molecule has 0 saturated carbocycles. The molecule has 0 spiro atoms. The molecule has 0 radical (unpaired) electrons. The molecule has 0 aromatic rings. The molecule has 0 aliphatic heterocycles. The van der Waals surface area contributed by atoms with Gasteiger partial charge in [-0.3, -0.25) is 0 Å². The van der Waals surface area contributed by atoms with Crippen LogP contribution in [-0.4, -0.2) is 13.1 Å². The van der Waals surface area contributed by atoms with Gasteiger partial charge in [-0.05, 0) is 11.8 Å². The fraction of sp³-hybridized carbons (Fsp3) is 0.778. The van der Waals surface area contributed by atoms with E-state index in [1.807, 2.05) is 0 Å². The van der Waals surface area contributed by atoms with E-state index in [1.54, 1.807) is 0 Å². The molecule has 0 heterocycles. The van der Waals surface area contributed by atoms with Gasteiger partial charge in [0, 0.05) is 17.6 Å². The maximum Gasteiger partial charge on any atom is 0.0265 e. The summed E-state index contributed by atoms with van der Waals surface area (Å²) in [4.78, 5) is 0. The van der Waals surface area contributed by atoms with Gasteiger partial charge in [0.1, 0.15) is 0 Å². The summed E-state index contributed by atoms with van der Waals surface area (Å²) < 4.78 is 1.02. The van der Waals surface area contributed by atoms with E-state index in [0.717, 1.165) is 17.6 Å². The van der Waals surface area contributed by atoms with Crippen LogP contribution in [0.1, 0.15) is 27.2 Å². The Morgan fingerprint density at radius 3 is 2.45 bits per heavy atom. The molecule has 0 fully saturated rings. The molecule has 0 aliphatic rings. The van der Waals surface area contributed by atoms with Crippen molar-refractivity contribution in [2.24, 2.45) is 5.41 Å². The van der Waals surface area contributed by atoms with Crippen molar-refractivity contribution >= 4 is 15.9 Å². The number of halogens is 1. The fourth-order valence-electron chi connectivity index (χ4n) is 0.662. The number of nitrogens with one attached hydrogen (secondary N) is 1. The summed E-state index contributed by atoms with van der Waals surface area (Å²) in [6, 6.07) is 0. The number of rotatable bonds is 5. The SMILES string of the molecule is C=C(Br)CNCC(C)(C)CC. The average molecular weight is 220 g/mol. The lowest BCUT2D eigenvalue weighted by Crippen LogP contribution is -2.29. The van der Waals surface area contributed by atoms with Crippen molar-refractivity contribution in [3.63, 3.8) is 0 Å². The van der Waals surface area contributed by atoms with E-state index in [1.165, 1.54) is 6.42 Å². The standard InChI is InChI=1S/C9H18BrN/c1-5-9(3,4)7-11-6-8(2)10/h11H,2,5-7H2,1,3-4H3. The van der Waals surface area contributed by atoms with E-state index < -0.39 is 0 Å². The molecule has 0 atom stereocenters. The minimum atomic E-state index is 0.405. The lowest BCUT2D eigenvalue weighted by atomic mass is 9.90. The van der Waals surface area contributed by atoms with Crippen molar-refractivity contribution in [1.29, 1.82) is 0 Å². The van der Waals surface area contributed by atoms with Gasteiger partial charge in [-0.2, -0.15) is 0 Å². The van der Waals surface area contributed by atoms with Gasteiger partial charge in [-0.1, -0.05) is 43.3 Å². The third kappa shape index (κ3) is 6.57. The van der Waals surface area contributed by atoms with Gasteiger partial charge in [0.2, 0.25) is 0 Å². The van der Waals surface area contributed by atoms with Gasteiger partial charge in [0.25, 0.3) is 0 Å².